The van der Waals surface area contributed by atoms with Crippen LogP contribution in [0.4, 0.5) is 4.79 Å². The summed E-state index contributed by atoms with van der Waals surface area (Å²) in [6, 6.07) is 22.7. The van der Waals surface area contributed by atoms with Crippen molar-refractivity contribution in [2.45, 2.75) is 26.0 Å². The highest BCUT2D eigenvalue weighted by molar-refractivity contribution is 5.79. The number of fused-ring (bicyclic) bond motifs is 1. The van der Waals surface area contributed by atoms with Crippen LogP contribution in [0.3, 0.4) is 0 Å². The number of nitrogens with one attached hydrogen (secondary N) is 1. The number of ether oxygens (including phenoxy) is 2. The number of carbonyl (C=O) groups excluding carboxylic acids is 2. The number of amides is 1. The number of esters is 1. The molecule has 0 radical (unpaired) electrons. The molecule has 0 unspecified atom stereocenters. The van der Waals surface area contributed by atoms with E-state index in [0.717, 1.165) is 5.56 Å². The molecule has 3 aromatic carbocycles. The van der Waals surface area contributed by atoms with Gasteiger partial charge in [0.25, 0.3) is 5.56 Å². The average molecular weight is 472 g/mol. The summed E-state index contributed by atoms with van der Waals surface area (Å²) >= 11 is 0. The van der Waals surface area contributed by atoms with Crippen LogP contribution in [0, 0.1) is 0 Å². The van der Waals surface area contributed by atoms with Crippen LogP contribution in [0.5, 0.6) is 0 Å². The number of nitrogens with zero attached hydrogens (tertiary/aromatic N) is 2. The summed E-state index contributed by atoms with van der Waals surface area (Å²) in [5, 5.41) is 3.18. The van der Waals surface area contributed by atoms with E-state index in [2.05, 4.69) is 5.32 Å². The molecule has 0 saturated heterocycles. The Kier molecular flexibility index (Phi) is 7.21. The van der Waals surface area contributed by atoms with Crippen molar-refractivity contribution >= 4 is 23.0 Å². The number of para-hydroxylation sites is 2. The maximum Gasteiger partial charge on any atom is 0.408 e. The van der Waals surface area contributed by atoms with Gasteiger partial charge in [0, 0.05) is 0 Å². The van der Waals surface area contributed by atoms with Crippen molar-refractivity contribution < 1.29 is 19.1 Å². The summed E-state index contributed by atoms with van der Waals surface area (Å²) in [7, 11) is 1.31. The average Bonchev–Trinajstić information content (AvgIpc) is 2.88. The van der Waals surface area contributed by atoms with E-state index in [4.69, 9.17) is 14.5 Å². The molecule has 35 heavy (non-hydrogen) atoms. The molecule has 8 heteroatoms. The fourth-order valence-corrected chi connectivity index (χ4v) is 3.79. The molecule has 1 atom stereocenters. The van der Waals surface area contributed by atoms with Crippen LogP contribution in [-0.2, 0) is 27.3 Å². The monoisotopic (exact) mass is 471 g/mol. The van der Waals surface area contributed by atoms with E-state index in [1.807, 2.05) is 30.3 Å². The molecule has 1 amide bonds. The summed E-state index contributed by atoms with van der Waals surface area (Å²) in [6.07, 6.45) is -0.662. The lowest BCUT2D eigenvalue weighted by molar-refractivity contribution is -0.139. The Labute approximate surface area is 202 Å². The first-order chi connectivity index (χ1) is 17.0. The summed E-state index contributed by atoms with van der Waals surface area (Å²) in [6.45, 7) is 1.83. The molecule has 0 aliphatic heterocycles. The largest absolute Gasteiger partial charge is 0.469 e. The molecule has 1 heterocycles. The van der Waals surface area contributed by atoms with Gasteiger partial charge < -0.3 is 14.8 Å². The normalized spacial score (nSPS) is 11.6. The molecule has 0 bridgehead atoms. The van der Waals surface area contributed by atoms with Gasteiger partial charge in [-0.2, -0.15) is 0 Å². The van der Waals surface area contributed by atoms with Gasteiger partial charge in [0.05, 0.1) is 36.2 Å². The Morgan fingerprint density at radius 3 is 2.43 bits per heavy atom. The molecule has 0 fully saturated rings. The third-order valence-corrected chi connectivity index (χ3v) is 5.53. The van der Waals surface area contributed by atoms with Crippen molar-refractivity contribution in [1.82, 2.24) is 14.9 Å². The van der Waals surface area contributed by atoms with E-state index in [-0.39, 0.29) is 18.6 Å². The molecule has 4 aromatic rings. The van der Waals surface area contributed by atoms with Crippen LogP contribution in [0.1, 0.15) is 29.9 Å². The molecule has 1 aromatic heterocycles. The van der Waals surface area contributed by atoms with E-state index in [9.17, 15) is 14.4 Å². The Morgan fingerprint density at radius 2 is 1.66 bits per heavy atom. The second kappa shape index (κ2) is 10.6. The number of hydrogen-bond acceptors (Lipinski definition) is 6. The number of hydrogen-bond donors (Lipinski definition) is 1. The highest BCUT2D eigenvalue weighted by atomic mass is 16.5. The second-order valence-corrected chi connectivity index (χ2v) is 7.94. The Balaban J connectivity index is 1.72. The minimum atomic E-state index is -0.679. The molecular weight excluding hydrogens is 446 g/mol. The highest BCUT2D eigenvalue weighted by Gasteiger charge is 2.22. The Hall–Kier alpha value is -4.46. The van der Waals surface area contributed by atoms with Crippen molar-refractivity contribution in [3.05, 3.63) is 106 Å². The van der Waals surface area contributed by atoms with Gasteiger partial charge in [0.1, 0.15) is 12.4 Å². The van der Waals surface area contributed by atoms with Gasteiger partial charge >= 0.3 is 12.1 Å². The molecule has 0 aliphatic rings. The van der Waals surface area contributed by atoms with Crippen LogP contribution >= 0.6 is 0 Å². The van der Waals surface area contributed by atoms with Gasteiger partial charge in [-0.25, -0.2) is 9.78 Å². The molecule has 0 saturated carbocycles. The van der Waals surface area contributed by atoms with Crippen LogP contribution in [0.2, 0.25) is 0 Å². The van der Waals surface area contributed by atoms with E-state index in [0.29, 0.717) is 28.0 Å². The van der Waals surface area contributed by atoms with Crippen LogP contribution in [0.15, 0.2) is 83.7 Å². The van der Waals surface area contributed by atoms with Crippen LogP contribution in [-0.4, -0.2) is 28.7 Å². The van der Waals surface area contributed by atoms with Crippen molar-refractivity contribution in [1.29, 1.82) is 0 Å². The zero-order valence-corrected chi connectivity index (χ0v) is 19.4. The van der Waals surface area contributed by atoms with Crippen molar-refractivity contribution in [2.75, 3.05) is 7.11 Å². The zero-order chi connectivity index (χ0) is 24.8. The Morgan fingerprint density at radius 1 is 0.971 bits per heavy atom. The minimum Gasteiger partial charge on any atom is -0.469 e. The summed E-state index contributed by atoms with van der Waals surface area (Å²) < 4.78 is 11.6. The van der Waals surface area contributed by atoms with Gasteiger partial charge in [-0.3, -0.25) is 14.2 Å². The summed E-state index contributed by atoms with van der Waals surface area (Å²) in [4.78, 5) is 42.9. The van der Waals surface area contributed by atoms with Crippen molar-refractivity contribution in [3.63, 3.8) is 0 Å². The van der Waals surface area contributed by atoms with Crippen molar-refractivity contribution in [2.24, 2.45) is 0 Å². The number of rotatable bonds is 7. The predicted molar refractivity (Wildman–Crippen MR) is 131 cm³/mol. The summed E-state index contributed by atoms with van der Waals surface area (Å²) in [5.74, 6) is -0.126. The van der Waals surface area contributed by atoms with E-state index < -0.39 is 18.1 Å². The fraction of sp³-hybridized carbons (Fsp3) is 0.185. The lowest BCUT2D eigenvalue weighted by Gasteiger charge is -2.21. The number of methoxy groups -OCH3 is 1. The van der Waals surface area contributed by atoms with Crippen molar-refractivity contribution in [3.8, 4) is 5.69 Å². The third kappa shape index (κ3) is 5.38. The fourth-order valence-electron chi connectivity index (χ4n) is 3.79. The summed E-state index contributed by atoms with van der Waals surface area (Å²) in [5.41, 5.74) is 2.13. The van der Waals surface area contributed by atoms with Gasteiger partial charge in [-0.05, 0) is 36.2 Å². The molecule has 4 rings (SSSR count). The molecule has 0 aliphatic carbocycles. The lowest BCUT2D eigenvalue weighted by Crippen LogP contribution is -2.34. The van der Waals surface area contributed by atoms with Gasteiger partial charge in [-0.15, -0.1) is 0 Å². The standard InChI is InChI=1S/C27H25N3O5/c1-18(28-27(33)35-17-19-10-4-3-5-11-19)25-29-22-14-8-7-13-21(22)26(32)30(25)23-15-9-6-12-20(23)16-24(31)34-2/h3-15,18H,16-17H2,1-2H3,(H,28,33)/t18-/m0/s1. The first-order valence-corrected chi connectivity index (χ1v) is 11.1. The van der Waals surface area contributed by atoms with E-state index in [1.54, 1.807) is 55.5 Å². The Bertz CT molecular complexity index is 1420. The van der Waals surface area contributed by atoms with E-state index >= 15 is 0 Å². The van der Waals surface area contributed by atoms with E-state index in [1.165, 1.54) is 11.7 Å². The first kappa shape index (κ1) is 23.7. The van der Waals surface area contributed by atoms with Crippen LogP contribution in [0.25, 0.3) is 16.6 Å². The topological polar surface area (TPSA) is 99.5 Å². The maximum atomic E-state index is 13.6. The first-order valence-electron chi connectivity index (χ1n) is 11.1. The molecule has 1 N–H and O–H groups in total. The van der Waals surface area contributed by atoms with Gasteiger partial charge in [-0.1, -0.05) is 60.7 Å². The quantitative estimate of drug-likeness (QED) is 0.408. The smallest absolute Gasteiger partial charge is 0.408 e. The number of benzene rings is 3. The SMILES string of the molecule is COC(=O)Cc1ccccc1-n1c([C@H](C)NC(=O)OCc2ccccc2)nc2ccccc2c1=O. The zero-order valence-electron chi connectivity index (χ0n) is 19.4. The lowest BCUT2D eigenvalue weighted by atomic mass is 10.1. The molecule has 178 valence electrons. The second-order valence-electron chi connectivity index (χ2n) is 7.94. The number of carbonyl (C=O) groups is 2. The van der Waals surface area contributed by atoms with Gasteiger partial charge in [0.2, 0.25) is 0 Å². The number of aromatic nitrogens is 2. The molecule has 0 spiro atoms. The molecule has 8 nitrogen and oxygen atoms in total. The highest BCUT2D eigenvalue weighted by Crippen LogP contribution is 2.21. The van der Waals surface area contributed by atoms with Gasteiger partial charge in [0.15, 0.2) is 0 Å². The predicted octanol–water partition coefficient (Wildman–Crippen LogP) is 4.09. The number of alkyl carbamates (subject to hydrolysis) is 1. The third-order valence-electron chi connectivity index (χ3n) is 5.53. The molecular formula is C27H25N3O5. The maximum absolute atomic E-state index is 13.6. The van der Waals surface area contributed by atoms with Crippen LogP contribution < -0.4 is 10.9 Å². The minimum absolute atomic E-state index is 0.0215.